The Bertz CT molecular complexity index is 577. The number of anilines is 1. The summed E-state index contributed by atoms with van der Waals surface area (Å²) in [5, 5.41) is 0. The Hall–Kier alpha value is -1.08. The molecule has 5 nitrogen and oxygen atoms in total. The molecule has 1 fully saturated rings. The number of piperazine rings is 1. The van der Waals surface area contributed by atoms with Crippen molar-refractivity contribution in [3.63, 3.8) is 0 Å². The summed E-state index contributed by atoms with van der Waals surface area (Å²) in [6.45, 7) is 6.76. The fourth-order valence-corrected chi connectivity index (χ4v) is 4.56. The van der Waals surface area contributed by atoms with E-state index in [2.05, 4.69) is 0 Å². The lowest BCUT2D eigenvalue weighted by molar-refractivity contribution is -0.137. The van der Waals surface area contributed by atoms with Gasteiger partial charge in [0.15, 0.2) is 0 Å². The maximum absolute atomic E-state index is 12.6. The van der Waals surface area contributed by atoms with E-state index < -0.39 is 19.3 Å². The SMILES string of the molecule is CCOP(=O)(CN1CCN(c2ccc(C(F)(F)F)cc2)CC1)OCC. The van der Waals surface area contributed by atoms with Gasteiger partial charge in [-0.2, -0.15) is 13.2 Å². The third-order valence-electron chi connectivity index (χ3n) is 3.96. The molecule has 0 aliphatic carbocycles. The van der Waals surface area contributed by atoms with Gasteiger partial charge in [0, 0.05) is 31.9 Å². The Kier molecular flexibility index (Phi) is 6.91. The Balaban J connectivity index is 1.92. The van der Waals surface area contributed by atoms with Crippen molar-refractivity contribution < 1.29 is 26.8 Å². The molecule has 142 valence electrons. The summed E-state index contributed by atoms with van der Waals surface area (Å²) in [7, 11) is -3.12. The van der Waals surface area contributed by atoms with Gasteiger partial charge in [-0.15, -0.1) is 0 Å². The van der Waals surface area contributed by atoms with Gasteiger partial charge in [0.25, 0.3) is 0 Å². The summed E-state index contributed by atoms with van der Waals surface area (Å²) < 4.78 is 61.0. The summed E-state index contributed by atoms with van der Waals surface area (Å²) in [6, 6.07) is 5.17. The fraction of sp³-hybridized carbons (Fsp3) is 0.625. The second kappa shape index (κ2) is 8.54. The standard InChI is InChI=1S/C16H24F3N2O3P/c1-3-23-25(22,24-4-2)13-20-9-11-21(12-10-20)15-7-5-14(6-8-15)16(17,18)19/h5-8H,3-4,9-13H2,1-2H3. The highest BCUT2D eigenvalue weighted by Gasteiger charge is 2.31. The van der Waals surface area contributed by atoms with Crippen LogP contribution in [0.3, 0.4) is 0 Å². The molecule has 2 rings (SSSR count). The molecule has 0 bridgehead atoms. The third-order valence-corrected chi connectivity index (χ3v) is 6.01. The molecule has 0 N–H and O–H groups in total. The monoisotopic (exact) mass is 380 g/mol. The number of nitrogens with zero attached hydrogens (tertiary/aromatic N) is 2. The van der Waals surface area contributed by atoms with Crippen molar-refractivity contribution in [1.82, 2.24) is 4.90 Å². The van der Waals surface area contributed by atoms with E-state index in [9.17, 15) is 17.7 Å². The van der Waals surface area contributed by atoms with Crippen molar-refractivity contribution >= 4 is 13.3 Å². The van der Waals surface area contributed by atoms with Crippen molar-refractivity contribution in [2.75, 3.05) is 50.6 Å². The highest BCUT2D eigenvalue weighted by molar-refractivity contribution is 7.53. The minimum atomic E-state index is -4.32. The van der Waals surface area contributed by atoms with Crippen LogP contribution in [0.25, 0.3) is 0 Å². The van der Waals surface area contributed by atoms with E-state index in [1.807, 2.05) is 9.80 Å². The second-order valence-corrected chi connectivity index (χ2v) is 7.76. The van der Waals surface area contributed by atoms with Crippen LogP contribution in [0.4, 0.5) is 18.9 Å². The van der Waals surface area contributed by atoms with E-state index in [-0.39, 0.29) is 6.29 Å². The minimum absolute atomic E-state index is 0.232. The molecular weight excluding hydrogens is 356 g/mol. The molecule has 1 aromatic carbocycles. The minimum Gasteiger partial charge on any atom is -0.369 e. The summed E-state index contributed by atoms with van der Waals surface area (Å²) in [6.07, 6.45) is -4.09. The molecule has 9 heteroatoms. The molecule has 0 radical (unpaired) electrons. The molecule has 0 saturated carbocycles. The lowest BCUT2D eigenvalue weighted by Gasteiger charge is -2.37. The molecule has 0 unspecified atom stereocenters. The quantitative estimate of drug-likeness (QED) is 0.668. The number of halogens is 3. The molecule has 1 saturated heterocycles. The predicted octanol–water partition coefficient (Wildman–Crippen LogP) is 4.05. The molecule has 1 aliphatic rings. The van der Waals surface area contributed by atoms with Crippen LogP contribution in [0.2, 0.25) is 0 Å². The summed E-state index contributed by atoms with van der Waals surface area (Å²) >= 11 is 0. The molecule has 1 aliphatic heterocycles. The predicted molar refractivity (Wildman–Crippen MR) is 91.0 cm³/mol. The maximum Gasteiger partial charge on any atom is 0.416 e. The summed E-state index contributed by atoms with van der Waals surface area (Å²) in [5.74, 6) is 0. The second-order valence-electron chi connectivity index (χ2n) is 5.74. The van der Waals surface area contributed by atoms with Crippen LogP contribution in [0, 0.1) is 0 Å². The summed E-state index contributed by atoms with van der Waals surface area (Å²) in [4.78, 5) is 4.02. The first kappa shape index (κ1) is 20.2. The lowest BCUT2D eigenvalue weighted by Crippen LogP contribution is -2.46. The van der Waals surface area contributed by atoms with Crippen LogP contribution in [0.15, 0.2) is 24.3 Å². The number of rotatable bonds is 7. The van der Waals surface area contributed by atoms with Gasteiger partial charge in [-0.05, 0) is 38.1 Å². The molecular formula is C16H24F3N2O3P. The third kappa shape index (κ3) is 5.71. The maximum atomic E-state index is 12.6. The number of hydrogen-bond acceptors (Lipinski definition) is 5. The smallest absolute Gasteiger partial charge is 0.369 e. The normalized spacial score (nSPS) is 17.1. The van der Waals surface area contributed by atoms with E-state index in [1.54, 1.807) is 13.8 Å². The molecule has 0 aromatic heterocycles. The molecule has 25 heavy (non-hydrogen) atoms. The fourth-order valence-electron chi connectivity index (χ4n) is 2.77. The van der Waals surface area contributed by atoms with Gasteiger partial charge in [0.2, 0.25) is 0 Å². The van der Waals surface area contributed by atoms with Crippen molar-refractivity contribution in [3.05, 3.63) is 29.8 Å². The highest BCUT2D eigenvalue weighted by Crippen LogP contribution is 2.48. The van der Waals surface area contributed by atoms with Crippen molar-refractivity contribution in [3.8, 4) is 0 Å². The topological polar surface area (TPSA) is 42.0 Å². The first-order valence-electron chi connectivity index (χ1n) is 8.30. The van der Waals surface area contributed by atoms with Gasteiger partial charge in [-0.1, -0.05) is 0 Å². The van der Waals surface area contributed by atoms with Gasteiger partial charge in [-0.3, -0.25) is 9.46 Å². The average molecular weight is 380 g/mol. The van der Waals surface area contributed by atoms with Gasteiger partial charge in [-0.25, -0.2) is 0 Å². The van der Waals surface area contributed by atoms with E-state index >= 15 is 0 Å². The van der Waals surface area contributed by atoms with E-state index in [0.717, 1.165) is 17.8 Å². The summed E-state index contributed by atoms with van der Waals surface area (Å²) in [5.41, 5.74) is 0.106. The molecule has 1 heterocycles. The van der Waals surface area contributed by atoms with Gasteiger partial charge in [0.05, 0.1) is 18.8 Å². The van der Waals surface area contributed by atoms with Crippen LogP contribution < -0.4 is 4.90 Å². The van der Waals surface area contributed by atoms with E-state index in [1.165, 1.54) is 12.1 Å². The Morgan fingerprint density at radius 2 is 1.52 bits per heavy atom. The number of benzene rings is 1. The zero-order valence-corrected chi connectivity index (χ0v) is 15.4. The van der Waals surface area contributed by atoms with Gasteiger partial charge < -0.3 is 13.9 Å². The molecule has 1 aromatic rings. The van der Waals surface area contributed by atoms with Crippen LogP contribution in [-0.4, -0.2) is 50.6 Å². The van der Waals surface area contributed by atoms with Crippen LogP contribution in [0.1, 0.15) is 19.4 Å². The molecule has 0 spiro atoms. The van der Waals surface area contributed by atoms with E-state index in [0.29, 0.717) is 39.4 Å². The van der Waals surface area contributed by atoms with Crippen LogP contribution in [0.5, 0.6) is 0 Å². The van der Waals surface area contributed by atoms with Gasteiger partial charge in [0.1, 0.15) is 6.29 Å². The molecule has 0 atom stereocenters. The number of alkyl halides is 3. The largest absolute Gasteiger partial charge is 0.416 e. The Labute approximate surface area is 146 Å². The van der Waals surface area contributed by atoms with Crippen LogP contribution in [-0.2, 0) is 19.8 Å². The van der Waals surface area contributed by atoms with Crippen molar-refractivity contribution in [1.29, 1.82) is 0 Å². The van der Waals surface area contributed by atoms with Crippen LogP contribution >= 0.6 is 7.60 Å². The number of hydrogen-bond donors (Lipinski definition) is 0. The van der Waals surface area contributed by atoms with Gasteiger partial charge >= 0.3 is 13.8 Å². The molecule has 0 amide bonds. The van der Waals surface area contributed by atoms with E-state index in [4.69, 9.17) is 9.05 Å². The Morgan fingerprint density at radius 3 is 1.96 bits per heavy atom. The zero-order valence-electron chi connectivity index (χ0n) is 14.5. The Morgan fingerprint density at radius 1 is 1.00 bits per heavy atom. The lowest BCUT2D eigenvalue weighted by atomic mass is 10.1. The average Bonchev–Trinajstić information content (AvgIpc) is 2.55. The first-order valence-corrected chi connectivity index (χ1v) is 10.0. The van der Waals surface area contributed by atoms with Crippen molar-refractivity contribution in [2.24, 2.45) is 0 Å². The first-order chi connectivity index (χ1) is 11.8. The highest BCUT2D eigenvalue weighted by atomic mass is 31.2. The van der Waals surface area contributed by atoms with Crippen molar-refractivity contribution in [2.45, 2.75) is 20.0 Å². The zero-order chi connectivity index (χ0) is 18.5.